The molecule has 3 aliphatic rings. The number of imide groups is 2. The molecule has 0 spiro atoms. The van der Waals surface area contributed by atoms with Crippen molar-refractivity contribution in [1.29, 1.82) is 0 Å². The highest BCUT2D eigenvalue weighted by Crippen LogP contribution is 2.32. The fraction of sp³-hybridized carbons (Fsp3) is 0.310. The number of benzene rings is 2. The number of hydrogen-bond acceptors (Lipinski definition) is 9. The zero-order chi connectivity index (χ0) is 27.6. The van der Waals surface area contributed by atoms with Gasteiger partial charge in [0.15, 0.2) is 0 Å². The standard InChI is InChI=1S/C29H29N7O4/c37-25-9-8-23(27(38)33-25)36-28(39)21-2-1-3-22(26(21)29(36)40)32-16-19-4-6-20(7-5-19)18-34-12-14-35(15-13-34)24-17-30-10-11-31-24/h1-7,10-11,17,23,32H,8-9,12-16,18H2,(H,33,37,38). The number of anilines is 2. The molecule has 1 unspecified atom stereocenters. The summed E-state index contributed by atoms with van der Waals surface area (Å²) in [6.45, 7) is 5.03. The van der Waals surface area contributed by atoms with Gasteiger partial charge in [-0.05, 0) is 29.7 Å². The molecule has 11 nitrogen and oxygen atoms in total. The number of piperidine rings is 1. The van der Waals surface area contributed by atoms with Gasteiger partial charge in [-0.25, -0.2) is 4.98 Å². The van der Waals surface area contributed by atoms with Gasteiger partial charge < -0.3 is 10.2 Å². The number of aromatic nitrogens is 2. The number of hydrogen-bond donors (Lipinski definition) is 2. The normalized spacial score (nSPS) is 19.6. The predicted octanol–water partition coefficient (Wildman–Crippen LogP) is 1.81. The number of carbonyl (C=O) groups excluding carboxylic acids is 4. The quantitative estimate of drug-likeness (QED) is 0.432. The van der Waals surface area contributed by atoms with Crippen molar-refractivity contribution in [2.24, 2.45) is 0 Å². The van der Waals surface area contributed by atoms with E-state index in [1.807, 2.05) is 0 Å². The number of nitrogens with zero attached hydrogens (tertiary/aromatic N) is 5. The van der Waals surface area contributed by atoms with Gasteiger partial charge in [-0.15, -0.1) is 0 Å². The monoisotopic (exact) mass is 539 g/mol. The lowest BCUT2D eigenvalue weighted by Crippen LogP contribution is -2.54. The summed E-state index contributed by atoms with van der Waals surface area (Å²) in [6.07, 6.45) is 5.42. The van der Waals surface area contributed by atoms with Crippen molar-refractivity contribution in [2.75, 3.05) is 36.4 Å². The van der Waals surface area contributed by atoms with Crippen LogP contribution < -0.4 is 15.5 Å². The van der Waals surface area contributed by atoms with Gasteiger partial charge in [0.05, 0.1) is 17.3 Å². The maximum atomic E-state index is 13.3. The molecule has 1 atom stereocenters. The van der Waals surface area contributed by atoms with E-state index in [4.69, 9.17) is 0 Å². The molecule has 204 valence electrons. The van der Waals surface area contributed by atoms with Crippen molar-refractivity contribution < 1.29 is 19.2 Å². The van der Waals surface area contributed by atoms with Crippen molar-refractivity contribution in [3.8, 4) is 0 Å². The fourth-order valence-electron chi connectivity index (χ4n) is 5.47. The molecule has 0 radical (unpaired) electrons. The third-order valence-electron chi connectivity index (χ3n) is 7.63. The Hall–Kier alpha value is -4.64. The smallest absolute Gasteiger partial charge is 0.264 e. The molecule has 0 bridgehead atoms. The summed E-state index contributed by atoms with van der Waals surface area (Å²) in [5, 5.41) is 5.52. The SMILES string of the molecule is O=C1CCC(N2C(=O)c3cccc(NCc4ccc(CN5CCN(c6cnccn6)CC5)cc4)c3C2=O)C(=O)N1. The molecule has 2 fully saturated rings. The molecule has 0 aliphatic carbocycles. The van der Waals surface area contributed by atoms with E-state index in [0.29, 0.717) is 12.2 Å². The first-order valence-corrected chi connectivity index (χ1v) is 13.4. The van der Waals surface area contributed by atoms with Crippen LogP contribution in [0.5, 0.6) is 0 Å². The molecule has 6 rings (SSSR count). The van der Waals surface area contributed by atoms with Crippen LogP contribution in [-0.2, 0) is 22.7 Å². The summed E-state index contributed by atoms with van der Waals surface area (Å²) in [4.78, 5) is 64.4. The van der Waals surface area contributed by atoms with Gasteiger partial charge in [-0.1, -0.05) is 30.3 Å². The first-order chi connectivity index (χ1) is 19.5. The maximum absolute atomic E-state index is 13.3. The minimum Gasteiger partial charge on any atom is -0.380 e. The molecular weight excluding hydrogens is 510 g/mol. The van der Waals surface area contributed by atoms with Crippen molar-refractivity contribution in [3.63, 3.8) is 0 Å². The Balaban J connectivity index is 1.06. The van der Waals surface area contributed by atoms with E-state index < -0.39 is 29.7 Å². The van der Waals surface area contributed by atoms with Crippen LogP contribution in [-0.4, -0.2) is 75.6 Å². The van der Waals surface area contributed by atoms with Gasteiger partial charge in [0.25, 0.3) is 11.8 Å². The van der Waals surface area contributed by atoms with Crippen molar-refractivity contribution in [2.45, 2.75) is 32.0 Å². The molecule has 11 heteroatoms. The summed E-state index contributed by atoms with van der Waals surface area (Å²) < 4.78 is 0. The molecule has 2 N–H and O–H groups in total. The molecule has 1 aromatic heterocycles. The van der Waals surface area contributed by atoms with Gasteiger partial charge in [0.2, 0.25) is 11.8 Å². The third kappa shape index (κ3) is 5.03. The van der Waals surface area contributed by atoms with Crippen molar-refractivity contribution >= 4 is 35.1 Å². The second-order valence-electron chi connectivity index (χ2n) is 10.2. The van der Waals surface area contributed by atoms with E-state index >= 15 is 0 Å². The molecule has 3 aliphatic heterocycles. The number of nitrogens with one attached hydrogen (secondary N) is 2. The van der Waals surface area contributed by atoms with Gasteiger partial charge >= 0.3 is 0 Å². The van der Waals surface area contributed by atoms with Gasteiger partial charge in [-0.3, -0.25) is 39.3 Å². The van der Waals surface area contributed by atoms with Crippen LogP contribution in [0.25, 0.3) is 0 Å². The molecule has 4 heterocycles. The zero-order valence-corrected chi connectivity index (χ0v) is 21.9. The molecule has 2 saturated heterocycles. The predicted molar refractivity (Wildman–Crippen MR) is 146 cm³/mol. The van der Waals surface area contributed by atoms with E-state index in [1.54, 1.807) is 36.8 Å². The van der Waals surface area contributed by atoms with Crippen LogP contribution >= 0.6 is 0 Å². The Morgan fingerprint density at radius 1 is 0.900 bits per heavy atom. The first kappa shape index (κ1) is 25.6. The van der Waals surface area contributed by atoms with Gasteiger partial charge in [0.1, 0.15) is 11.9 Å². The average molecular weight is 540 g/mol. The minimum atomic E-state index is -0.986. The first-order valence-electron chi connectivity index (χ1n) is 13.4. The fourth-order valence-corrected chi connectivity index (χ4v) is 5.47. The Bertz CT molecular complexity index is 1450. The zero-order valence-electron chi connectivity index (χ0n) is 21.9. The largest absolute Gasteiger partial charge is 0.380 e. The van der Waals surface area contributed by atoms with Crippen LogP contribution in [0, 0.1) is 0 Å². The number of amides is 4. The average Bonchev–Trinajstić information content (AvgIpc) is 3.23. The van der Waals surface area contributed by atoms with E-state index in [-0.39, 0.29) is 24.0 Å². The van der Waals surface area contributed by atoms with Crippen LogP contribution in [0.1, 0.15) is 44.7 Å². The molecule has 2 aromatic carbocycles. The summed E-state index contributed by atoms with van der Waals surface area (Å²) in [6, 6.07) is 12.4. The highest BCUT2D eigenvalue weighted by Gasteiger charge is 2.45. The Morgan fingerprint density at radius 3 is 2.40 bits per heavy atom. The lowest BCUT2D eigenvalue weighted by Gasteiger charge is -2.35. The van der Waals surface area contributed by atoms with Crippen LogP contribution in [0.3, 0.4) is 0 Å². The second-order valence-corrected chi connectivity index (χ2v) is 10.2. The lowest BCUT2D eigenvalue weighted by atomic mass is 10.0. The summed E-state index contributed by atoms with van der Waals surface area (Å²) in [5.74, 6) is -1.13. The Kier molecular flexibility index (Phi) is 6.95. The number of fused-ring (bicyclic) bond motifs is 1. The maximum Gasteiger partial charge on any atom is 0.264 e. The topological polar surface area (TPSA) is 128 Å². The van der Waals surface area contributed by atoms with Crippen molar-refractivity contribution in [1.82, 2.24) is 25.1 Å². The molecular formula is C29H29N7O4. The highest BCUT2D eigenvalue weighted by atomic mass is 16.2. The van der Waals surface area contributed by atoms with E-state index in [1.165, 1.54) is 5.56 Å². The lowest BCUT2D eigenvalue weighted by molar-refractivity contribution is -0.136. The summed E-state index contributed by atoms with van der Waals surface area (Å²) in [5.41, 5.74) is 3.31. The minimum absolute atomic E-state index is 0.0873. The molecule has 40 heavy (non-hydrogen) atoms. The van der Waals surface area contributed by atoms with Crippen LogP contribution in [0.2, 0.25) is 0 Å². The van der Waals surface area contributed by atoms with Crippen LogP contribution in [0.15, 0.2) is 61.1 Å². The Labute approximate surface area is 231 Å². The van der Waals surface area contributed by atoms with Gasteiger partial charge in [0, 0.05) is 63.8 Å². The number of rotatable bonds is 7. The van der Waals surface area contributed by atoms with Gasteiger partial charge in [-0.2, -0.15) is 0 Å². The number of piperazine rings is 1. The van der Waals surface area contributed by atoms with Crippen LogP contribution in [0.4, 0.5) is 11.5 Å². The van der Waals surface area contributed by atoms with E-state index in [9.17, 15) is 19.2 Å². The highest BCUT2D eigenvalue weighted by molar-refractivity contribution is 6.25. The summed E-state index contributed by atoms with van der Waals surface area (Å²) in [7, 11) is 0. The molecule has 3 aromatic rings. The van der Waals surface area contributed by atoms with E-state index in [0.717, 1.165) is 49.0 Å². The number of carbonyl (C=O) groups is 4. The second kappa shape index (κ2) is 10.9. The molecule has 0 saturated carbocycles. The van der Waals surface area contributed by atoms with Crippen molar-refractivity contribution in [3.05, 3.63) is 83.3 Å². The third-order valence-corrected chi connectivity index (χ3v) is 7.63. The molecule has 4 amide bonds. The summed E-state index contributed by atoms with van der Waals surface area (Å²) >= 11 is 0. The Morgan fingerprint density at radius 2 is 1.68 bits per heavy atom. The van der Waals surface area contributed by atoms with E-state index in [2.05, 4.69) is 54.7 Å².